The minimum atomic E-state index is -0.475. The van der Waals surface area contributed by atoms with Crippen LogP contribution in [0, 0.1) is 0 Å². The summed E-state index contributed by atoms with van der Waals surface area (Å²) >= 11 is 5.69. The molecular weight excluding hydrogens is 258 g/mol. The highest BCUT2D eigenvalue weighted by Gasteiger charge is 2.13. The number of hydrogen-bond acceptors (Lipinski definition) is 4. The highest BCUT2D eigenvalue weighted by Crippen LogP contribution is 2.14. The van der Waals surface area contributed by atoms with Gasteiger partial charge in [-0.15, -0.1) is 0 Å². The van der Waals surface area contributed by atoms with Gasteiger partial charge < -0.3 is 10.1 Å². The first kappa shape index (κ1) is 14.5. The second kappa shape index (κ2) is 6.39. The van der Waals surface area contributed by atoms with Crippen LogP contribution in [0.15, 0.2) is 11.1 Å². The van der Waals surface area contributed by atoms with Crippen LogP contribution in [0.4, 0.5) is 0 Å². The molecule has 100 valence electrons. The van der Waals surface area contributed by atoms with E-state index in [1.165, 1.54) is 13.4 Å². The van der Waals surface area contributed by atoms with Crippen molar-refractivity contribution in [1.82, 2.24) is 14.9 Å². The Bertz CT molecular complexity index is 487. The molecule has 0 aliphatic heterocycles. The number of hydrogen-bond donors (Lipinski definition) is 1. The normalized spacial score (nSPS) is 12.0. The molecule has 1 aromatic heterocycles. The molecule has 0 fully saturated rings. The molecule has 1 heterocycles. The van der Waals surface area contributed by atoms with Crippen LogP contribution in [0.25, 0.3) is 0 Å². The minimum absolute atomic E-state index is 0.0129. The van der Waals surface area contributed by atoms with Gasteiger partial charge in [-0.1, -0.05) is 18.5 Å². The van der Waals surface area contributed by atoms with E-state index < -0.39 is 5.56 Å². The van der Waals surface area contributed by atoms with Crippen molar-refractivity contribution >= 4 is 17.5 Å². The Labute approximate surface area is 110 Å². The predicted octanol–water partition coefficient (Wildman–Crippen LogP) is 0.820. The number of nitrogens with one attached hydrogen (secondary N) is 1. The first-order valence-corrected chi connectivity index (χ1v) is 5.95. The molecule has 18 heavy (non-hydrogen) atoms. The van der Waals surface area contributed by atoms with E-state index in [2.05, 4.69) is 10.3 Å². The summed E-state index contributed by atoms with van der Waals surface area (Å²) in [5.74, 6) is -0.312. The molecule has 0 radical (unpaired) electrons. The van der Waals surface area contributed by atoms with Gasteiger partial charge in [-0.25, -0.2) is 4.98 Å². The zero-order valence-electron chi connectivity index (χ0n) is 10.6. The van der Waals surface area contributed by atoms with Crippen LogP contribution in [-0.4, -0.2) is 28.6 Å². The van der Waals surface area contributed by atoms with Crippen LogP contribution in [-0.2, 0) is 11.3 Å². The van der Waals surface area contributed by atoms with Crippen molar-refractivity contribution < 1.29 is 9.53 Å². The van der Waals surface area contributed by atoms with Crippen molar-refractivity contribution in [3.8, 4) is 5.75 Å². The minimum Gasteiger partial charge on any atom is -0.489 e. The van der Waals surface area contributed by atoms with Gasteiger partial charge in [0, 0.05) is 6.04 Å². The van der Waals surface area contributed by atoms with Gasteiger partial charge in [0.15, 0.2) is 5.15 Å². The van der Waals surface area contributed by atoms with Gasteiger partial charge in [-0.3, -0.25) is 14.2 Å². The van der Waals surface area contributed by atoms with Gasteiger partial charge in [0.25, 0.3) is 5.56 Å². The third kappa shape index (κ3) is 3.46. The van der Waals surface area contributed by atoms with Crippen LogP contribution in [0.1, 0.15) is 20.3 Å². The van der Waals surface area contributed by atoms with Crippen LogP contribution in [0.3, 0.4) is 0 Å². The lowest BCUT2D eigenvalue weighted by Crippen LogP contribution is -2.37. The van der Waals surface area contributed by atoms with Gasteiger partial charge in [-0.05, 0) is 13.3 Å². The predicted molar refractivity (Wildman–Crippen MR) is 68.0 cm³/mol. The number of amides is 1. The van der Waals surface area contributed by atoms with Gasteiger partial charge >= 0.3 is 0 Å². The topological polar surface area (TPSA) is 73.2 Å². The van der Waals surface area contributed by atoms with E-state index in [0.29, 0.717) is 0 Å². The summed E-state index contributed by atoms with van der Waals surface area (Å²) in [4.78, 5) is 27.3. The van der Waals surface area contributed by atoms with Gasteiger partial charge in [0.1, 0.15) is 6.54 Å². The van der Waals surface area contributed by atoms with Crippen molar-refractivity contribution in [2.75, 3.05) is 7.11 Å². The molecule has 0 aromatic carbocycles. The number of carbonyl (C=O) groups excluding carboxylic acids is 1. The summed E-state index contributed by atoms with van der Waals surface area (Å²) in [6.45, 7) is 3.75. The highest BCUT2D eigenvalue weighted by atomic mass is 35.5. The summed E-state index contributed by atoms with van der Waals surface area (Å²) in [5, 5.41) is 2.74. The molecule has 1 rings (SSSR count). The lowest BCUT2D eigenvalue weighted by Gasteiger charge is -2.12. The molecule has 0 saturated heterocycles. The maximum Gasteiger partial charge on any atom is 0.297 e. The Kier molecular flexibility index (Phi) is 5.15. The largest absolute Gasteiger partial charge is 0.489 e. The second-order valence-corrected chi connectivity index (χ2v) is 4.24. The van der Waals surface area contributed by atoms with Crippen molar-refractivity contribution in [2.45, 2.75) is 32.9 Å². The molecule has 1 amide bonds. The molecule has 0 bridgehead atoms. The fourth-order valence-corrected chi connectivity index (χ4v) is 1.51. The number of rotatable bonds is 5. The smallest absolute Gasteiger partial charge is 0.297 e. The van der Waals surface area contributed by atoms with E-state index in [1.807, 2.05) is 13.8 Å². The van der Waals surface area contributed by atoms with Crippen molar-refractivity contribution in [3.05, 3.63) is 21.8 Å². The fraction of sp³-hybridized carbons (Fsp3) is 0.545. The van der Waals surface area contributed by atoms with Gasteiger partial charge in [0.2, 0.25) is 11.7 Å². The van der Waals surface area contributed by atoms with Crippen LogP contribution in [0.2, 0.25) is 5.15 Å². The van der Waals surface area contributed by atoms with Crippen LogP contribution < -0.4 is 15.6 Å². The summed E-state index contributed by atoms with van der Waals surface area (Å²) in [6, 6.07) is 0.0651. The maximum absolute atomic E-state index is 11.8. The first-order valence-electron chi connectivity index (χ1n) is 5.57. The molecule has 6 nitrogen and oxygen atoms in total. The molecule has 7 heteroatoms. The highest BCUT2D eigenvalue weighted by molar-refractivity contribution is 6.30. The molecule has 1 aromatic rings. The van der Waals surface area contributed by atoms with Gasteiger partial charge in [-0.2, -0.15) is 0 Å². The van der Waals surface area contributed by atoms with E-state index >= 15 is 0 Å². The summed E-state index contributed by atoms with van der Waals surface area (Å²) < 4.78 is 6.00. The van der Waals surface area contributed by atoms with E-state index in [0.717, 1.165) is 11.0 Å². The summed E-state index contributed by atoms with van der Waals surface area (Å²) in [6.07, 6.45) is 2.05. The average molecular weight is 274 g/mol. The lowest BCUT2D eigenvalue weighted by atomic mass is 10.2. The van der Waals surface area contributed by atoms with Gasteiger partial charge in [0.05, 0.1) is 13.4 Å². The number of halogens is 1. The van der Waals surface area contributed by atoms with Crippen molar-refractivity contribution in [3.63, 3.8) is 0 Å². The number of carbonyl (C=O) groups is 1. The molecule has 0 aliphatic carbocycles. The Morgan fingerprint density at radius 3 is 2.89 bits per heavy atom. The quantitative estimate of drug-likeness (QED) is 0.806. The average Bonchev–Trinajstić information content (AvgIpc) is 2.33. The number of nitrogens with zero attached hydrogens (tertiary/aromatic N) is 2. The first-order chi connectivity index (χ1) is 8.49. The third-order valence-electron chi connectivity index (χ3n) is 2.49. The Balaban J connectivity index is 2.86. The SMILES string of the molecule is CCC(C)NC(=O)Cn1cnc(Cl)c(OC)c1=O. The zero-order valence-corrected chi connectivity index (χ0v) is 11.3. The maximum atomic E-state index is 11.8. The van der Waals surface area contributed by atoms with Crippen molar-refractivity contribution in [2.24, 2.45) is 0 Å². The molecule has 1 unspecified atom stereocenters. The van der Waals surface area contributed by atoms with Crippen molar-refractivity contribution in [1.29, 1.82) is 0 Å². The Morgan fingerprint density at radius 2 is 2.33 bits per heavy atom. The monoisotopic (exact) mass is 273 g/mol. The Hall–Kier alpha value is -1.56. The lowest BCUT2D eigenvalue weighted by molar-refractivity contribution is -0.122. The second-order valence-electron chi connectivity index (χ2n) is 3.88. The van der Waals surface area contributed by atoms with E-state index in [4.69, 9.17) is 16.3 Å². The summed E-state index contributed by atoms with van der Waals surface area (Å²) in [5.41, 5.74) is -0.475. The molecule has 1 atom stereocenters. The van der Waals surface area contributed by atoms with E-state index in [9.17, 15) is 9.59 Å². The van der Waals surface area contributed by atoms with Crippen LogP contribution in [0.5, 0.6) is 5.75 Å². The molecule has 0 saturated carbocycles. The third-order valence-corrected chi connectivity index (χ3v) is 2.76. The summed E-state index contributed by atoms with van der Waals surface area (Å²) in [7, 11) is 1.33. The van der Waals surface area contributed by atoms with E-state index in [1.54, 1.807) is 0 Å². The molecular formula is C11H16ClN3O3. The number of ether oxygens (including phenoxy) is 1. The Morgan fingerprint density at radius 1 is 1.67 bits per heavy atom. The molecule has 0 aliphatic rings. The molecule has 0 spiro atoms. The van der Waals surface area contributed by atoms with E-state index in [-0.39, 0.29) is 29.4 Å². The zero-order chi connectivity index (χ0) is 13.7. The number of aromatic nitrogens is 2. The van der Waals surface area contributed by atoms with Crippen LogP contribution >= 0.6 is 11.6 Å². The molecule has 1 N–H and O–H groups in total. The number of methoxy groups -OCH3 is 1. The standard InChI is InChI=1S/C11H16ClN3O3/c1-4-7(2)14-8(16)5-15-6-13-10(12)9(18-3)11(15)17/h6-7H,4-5H2,1-3H3,(H,14,16). The fourth-order valence-electron chi connectivity index (χ4n) is 1.31.